The molecule has 1 atom stereocenters. The predicted octanol–water partition coefficient (Wildman–Crippen LogP) is 1.05. The van der Waals surface area contributed by atoms with Gasteiger partial charge in [0.1, 0.15) is 12.1 Å². The second kappa shape index (κ2) is 5.51. The van der Waals surface area contributed by atoms with E-state index in [1.165, 1.54) is 0 Å². The number of carbonyl (C=O) groups is 1. The van der Waals surface area contributed by atoms with Crippen LogP contribution in [-0.2, 0) is 9.63 Å². The van der Waals surface area contributed by atoms with Gasteiger partial charge in [0.25, 0.3) is 5.09 Å². The average Bonchev–Trinajstić information content (AvgIpc) is 2.78. The third-order valence-corrected chi connectivity index (χ3v) is 3.93. The smallest absolute Gasteiger partial charge is 0.320 e. The van der Waals surface area contributed by atoms with E-state index in [-0.39, 0.29) is 18.2 Å². The van der Waals surface area contributed by atoms with E-state index >= 15 is 0 Å². The number of likely N-dealkylation sites (tertiary alicyclic amines) is 1. The van der Waals surface area contributed by atoms with E-state index in [1.807, 2.05) is 4.90 Å². The summed E-state index contributed by atoms with van der Waals surface area (Å²) < 4.78 is 0. The first-order chi connectivity index (χ1) is 8.58. The number of nitrogens with zero attached hydrogens (tertiary/aromatic N) is 2. The van der Waals surface area contributed by atoms with Crippen LogP contribution in [0.5, 0.6) is 0 Å². The Morgan fingerprint density at radius 3 is 2.50 bits per heavy atom. The molecule has 1 unspecified atom stereocenters. The molecule has 7 nitrogen and oxygen atoms in total. The molecule has 1 aliphatic heterocycles. The molecule has 0 aromatic carbocycles. The van der Waals surface area contributed by atoms with Gasteiger partial charge in [-0.3, -0.25) is 9.69 Å². The summed E-state index contributed by atoms with van der Waals surface area (Å²) in [5.74, 6) is -0.754. The maximum atomic E-state index is 11.1. The van der Waals surface area contributed by atoms with Gasteiger partial charge >= 0.3 is 5.97 Å². The topological polar surface area (TPSA) is 92.9 Å². The van der Waals surface area contributed by atoms with Crippen molar-refractivity contribution in [2.75, 3.05) is 6.54 Å². The van der Waals surface area contributed by atoms with Gasteiger partial charge in [0.2, 0.25) is 0 Å². The summed E-state index contributed by atoms with van der Waals surface area (Å²) in [7, 11) is 0. The number of aliphatic carboxylic acids is 1. The van der Waals surface area contributed by atoms with Crippen molar-refractivity contribution < 1.29 is 19.8 Å². The number of carboxylic acid groups (broad SMARTS) is 1. The van der Waals surface area contributed by atoms with Crippen molar-refractivity contribution >= 4 is 5.97 Å². The van der Waals surface area contributed by atoms with Crippen molar-refractivity contribution in [3.8, 4) is 0 Å². The van der Waals surface area contributed by atoms with Crippen LogP contribution in [0.25, 0.3) is 0 Å². The van der Waals surface area contributed by atoms with Gasteiger partial charge in [-0.2, -0.15) is 0 Å². The monoisotopic (exact) mass is 258 g/mol. The third kappa shape index (κ3) is 2.90. The fourth-order valence-corrected chi connectivity index (χ4v) is 3.10. The van der Waals surface area contributed by atoms with Crippen molar-refractivity contribution in [3.63, 3.8) is 0 Å². The highest BCUT2D eigenvalue weighted by atomic mass is 17.0. The van der Waals surface area contributed by atoms with Gasteiger partial charge in [0, 0.05) is 6.04 Å². The molecule has 2 aliphatic rings. The van der Waals surface area contributed by atoms with Gasteiger partial charge in [-0.25, -0.2) is 0 Å². The van der Waals surface area contributed by atoms with Crippen LogP contribution in [0.4, 0.5) is 0 Å². The van der Waals surface area contributed by atoms with Crippen molar-refractivity contribution in [2.45, 2.75) is 56.7 Å². The fourth-order valence-electron chi connectivity index (χ4n) is 3.10. The summed E-state index contributed by atoms with van der Waals surface area (Å²) in [5, 5.41) is 18.6. The van der Waals surface area contributed by atoms with E-state index in [2.05, 4.69) is 4.84 Å². The standard InChI is InChI=1S/C11H18N2O5/c14-11(15)10-2-1-7-12(10)8-3-5-9(6-4-8)18-13(16)17/h8-10H,1-7H2,(H,14,15). The molecular weight excluding hydrogens is 240 g/mol. The van der Waals surface area contributed by atoms with Crippen molar-refractivity contribution in [3.05, 3.63) is 10.1 Å². The van der Waals surface area contributed by atoms with Crippen LogP contribution < -0.4 is 0 Å². The van der Waals surface area contributed by atoms with Crippen LogP contribution in [0.2, 0.25) is 0 Å². The van der Waals surface area contributed by atoms with E-state index in [9.17, 15) is 14.9 Å². The molecule has 0 radical (unpaired) electrons. The van der Waals surface area contributed by atoms with E-state index in [0.717, 1.165) is 25.8 Å². The molecule has 0 amide bonds. The van der Waals surface area contributed by atoms with Crippen LogP contribution in [0.3, 0.4) is 0 Å². The molecule has 2 rings (SSSR count). The molecule has 0 aromatic heterocycles. The maximum Gasteiger partial charge on any atom is 0.320 e. The molecule has 7 heteroatoms. The summed E-state index contributed by atoms with van der Waals surface area (Å²) in [5.41, 5.74) is 0. The molecular formula is C11H18N2O5. The largest absolute Gasteiger partial charge is 0.480 e. The van der Waals surface area contributed by atoms with Gasteiger partial charge in [-0.1, -0.05) is 0 Å². The molecule has 0 aromatic rings. The Morgan fingerprint density at radius 1 is 1.28 bits per heavy atom. The van der Waals surface area contributed by atoms with E-state index in [4.69, 9.17) is 5.11 Å². The third-order valence-electron chi connectivity index (χ3n) is 3.93. The zero-order valence-corrected chi connectivity index (χ0v) is 10.2. The number of hydrogen-bond acceptors (Lipinski definition) is 5. The first-order valence-electron chi connectivity index (χ1n) is 6.37. The highest BCUT2D eigenvalue weighted by Crippen LogP contribution is 2.30. The lowest BCUT2D eigenvalue weighted by atomic mass is 9.91. The normalized spacial score (nSPS) is 33.2. The van der Waals surface area contributed by atoms with Gasteiger partial charge in [0.05, 0.1) is 0 Å². The molecule has 102 valence electrons. The van der Waals surface area contributed by atoms with Crippen molar-refractivity contribution in [1.82, 2.24) is 4.90 Å². The predicted molar refractivity (Wildman–Crippen MR) is 61.5 cm³/mol. The molecule has 1 saturated carbocycles. The maximum absolute atomic E-state index is 11.1. The summed E-state index contributed by atoms with van der Waals surface area (Å²) in [6.07, 6.45) is 4.14. The van der Waals surface area contributed by atoms with Crippen molar-refractivity contribution in [2.24, 2.45) is 0 Å². The quantitative estimate of drug-likeness (QED) is 0.598. The van der Waals surface area contributed by atoms with Gasteiger partial charge in [-0.05, 0) is 45.1 Å². The Morgan fingerprint density at radius 2 is 1.94 bits per heavy atom. The van der Waals surface area contributed by atoms with E-state index < -0.39 is 11.1 Å². The number of carboxylic acids is 1. The molecule has 1 heterocycles. The van der Waals surface area contributed by atoms with E-state index in [0.29, 0.717) is 19.3 Å². The zero-order chi connectivity index (χ0) is 13.1. The molecule has 0 bridgehead atoms. The number of rotatable bonds is 4. The number of hydrogen-bond donors (Lipinski definition) is 1. The Bertz CT molecular complexity index is 327. The van der Waals surface area contributed by atoms with Gasteiger partial charge in [-0.15, -0.1) is 10.1 Å². The highest BCUT2D eigenvalue weighted by molar-refractivity contribution is 5.73. The second-order valence-corrected chi connectivity index (χ2v) is 4.99. The lowest BCUT2D eigenvalue weighted by Gasteiger charge is -2.35. The molecule has 2 fully saturated rings. The van der Waals surface area contributed by atoms with Crippen LogP contribution in [0, 0.1) is 10.1 Å². The summed E-state index contributed by atoms with van der Waals surface area (Å²) >= 11 is 0. The average molecular weight is 258 g/mol. The molecule has 1 N–H and O–H groups in total. The van der Waals surface area contributed by atoms with Crippen LogP contribution >= 0.6 is 0 Å². The van der Waals surface area contributed by atoms with Crippen LogP contribution in [-0.4, -0.2) is 45.8 Å². The lowest BCUT2D eigenvalue weighted by Crippen LogP contribution is -2.45. The van der Waals surface area contributed by atoms with Gasteiger partial charge < -0.3 is 9.94 Å². The SMILES string of the molecule is O=C(O)C1CCCN1C1CCC(O[N+](=O)[O-])CC1. The first kappa shape index (κ1) is 13.1. The Balaban J connectivity index is 1.85. The summed E-state index contributed by atoms with van der Waals surface area (Å²) in [6, 6.07) is -0.136. The minimum Gasteiger partial charge on any atom is -0.480 e. The Labute approximate surface area is 105 Å². The van der Waals surface area contributed by atoms with Crippen molar-refractivity contribution in [1.29, 1.82) is 0 Å². The van der Waals surface area contributed by atoms with Gasteiger partial charge in [0.15, 0.2) is 0 Å². The molecule has 1 aliphatic carbocycles. The molecule has 1 saturated heterocycles. The second-order valence-electron chi connectivity index (χ2n) is 4.99. The fraction of sp³-hybridized carbons (Fsp3) is 0.909. The minimum absolute atomic E-state index is 0.236. The highest BCUT2D eigenvalue weighted by Gasteiger charge is 2.37. The first-order valence-corrected chi connectivity index (χ1v) is 6.37. The zero-order valence-electron chi connectivity index (χ0n) is 10.2. The van der Waals surface area contributed by atoms with Crippen LogP contribution in [0.1, 0.15) is 38.5 Å². The van der Waals surface area contributed by atoms with Crippen LogP contribution in [0.15, 0.2) is 0 Å². The Hall–Kier alpha value is -1.37. The Kier molecular flexibility index (Phi) is 4.00. The minimum atomic E-state index is -0.754. The summed E-state index contributed by atoms with van der Waals surface area (Å²) in [4.78, 5) is 28.0. The molecule has 18 heavy (non-hydrogen) atoms. The molecule has 0 spiro atoms. The lowest BCUT2D eigenvalue weighted by molar-refractivity contribution is -0.769. The summed E-state index contributed by atoms with van der Waals surface area (Å²) in [6.45, 7) is 0.822. The van der Waals surface area contributed by atoms with E-state index in [1.54, 1.807) is 0 Å².